The third-order valence-electron chi connectivity index (χ3n) is 6.16. The van der Waals surface area contributed by atoms with Crippen molar-refractivity contribution in [3.05, 3.63) is 60.2 Å². The van der Waals surface area contributed by atoms with Crippen LogP contribution in [0.4, 0.5) is 0 Å². The van der Waals surface area contributed by atoms with Crippen LogP contribution in [0.15, 0.2) is 59.8 Å². The third-order valence-corrected chi connectivity index (χ3v) is 7.07. The molecule has 34 heavy (non-hydrogen) atoms. The van der Waals surface area contributed by atoms with Gasteiger partial charge in [0.25, 0.3) is 0 Å². The molecule has 7 nitrogen and oxygen atoms in total. The van der Waals surface area contributed by atoms with Crippen molar-refractivity contribution in [2.24, 2.45) is 11.7 Å². The van der Waals surface area contributed by atoms with E-state index in [1.807, 2.05) is 34.9 Å². The molecule has 0 spiro atoms. The molecule has 178 valence electrons. The quantitative estimate of drug-likeness (QED) is 0.541. The highest BCUT2D eigenvalue weighted by Gasteiger charge is 2.27. The van der Waals surface area contributed by atoms with E-state index in [4.69, 9.17) is 5.73 Å². The molecule has 2 heterocycles. The number of amides is 2. The summed E-state index contributed by atoms with van der Waals surface area (Å²) in [4.78, 5) is 26.2. The Hall–Kier alpha value is -3.13. The fourth-order valence-electron chi connectivity index (χ4n) is 4.13. The minimum absolute atomic E-state index is 0.0189. The lowest BCUT2D eigenvalue weighted by Gasteiger charge is -2.31. The Bertz CT molecular complexity index is 1150. The van der Waals surface area contributed by atoms with Gasteiger partial charge in [0.05, 0.1) is 11.7 Å². The van der Waals surface area contributed by atoms with Crippen LogP contribution in [-0.4, -0.2) is 50.3 Å². The van der Waals surface area contributed by atoms with Crippen LogP contribution in [-0.2, 0) is 15.0 Å². The molecule has 2 amide bonds. The van der Waals surface area contributed by atoms with Crippen LogP contribution in [0.1, 0.15) is 39.2 Å². The van der Waals surface area contributed by atoms with Crippen LogP contribution < -0.4 is 5.73 Å². The van der Waals surface area contributed by atoms with Gasteiger partial charge in [-0.15, -0.1) is 10.2 Å². The molecule has 4 rings (SSSR count). The average Bonchev–Trinajstić information content (AvgIpc) is 3.26. The number of para-hydroxylation sites is 1. The average molecular weight is 478 g/mol. The summed E-state index contributed by atoms with van der Waals surface area (Å²) in [7, 11) is 0. The van der Waals surface area contributed by atoms with Crippen molar-refractivity contribution in [2.75, 3.05) is 18.8 Å². The molecule has 0 bridgehead atoms. The predicted octanol–water partition coefficient (Wildman–Crippen LogP) is 4.05. The molecule has 1 aliphatic heterocycles. The summed E-state index contributed by atoms with van der Waals surface area (Å²) in [5.41, 5.74) is 8.67. The minimum Gasteiger partial charge on any atom is -0.369 e. The molecule has 1 aliphatic rings. The van der Waals surface area contributed by atoms with E-state index in [0.29, 0.717) is 18.2 Å². The van der Waals surface area contributed by atoms with Crippen LogP contribution in [0.5, 0.6) is 0 Å². The van der Waals surface area contributed by atoms with Gasteiger partial charge >= 0.3 is 0 Å². The van der Waals surface area contributed by atoms with Gasteiger partial charge in [-0.1, -0.05) is 75.0 Å². The van der Waals surface area contributed by atoms with Gasteiger partial charge in [-0.3, -0.25) is 14.2 Å². The summed E-state index contributed by atoms with van der Waals surface area (Å²) in [6.45, 7) is 7.61. The second kappa shape index (κ2) is 10.0. The number of primary amides is 1. The van der Waals surface area contributed by atoms with Gasteiger partial charge < -0.3 is 10.6 Å². The smallest absolute Gasteiger partial charge is 0.233 e. The number of piperidine rings is 1. The first-order chi connectivity index (χ1) is 16.2. The second-order valence-corrected chi connectivity index (χ2v) is 10.6. The van der Waals surface area contributed by atoms with E-state index in [9.17, 15) is 9.59 Å². The van der Waals surface area contributed by atoms with E-state index in [1.54, 1.807) is 4.90 Å². The zero-order valence-electron chi connectivity index (χ0n) is 19.9. The van der Waals surface area contributed by atoms with Crippen molar-refractivity contribution in [1.82, 2.24) is 19.7 Å². The monoisotopic (exact) mass is 477 g/mol. The van der Waals surface area contributed by atoms with Gasteiger partial charge in [-0.25, -0.2) is 0 Å². The highest BCUT2D eigenvalue weighted by molar-refractivity contribution is 7.99. The molecular weight excluding hydrogens is 446 g/mol. The van der Waals surface area contributed by atoms with Gasteiger partial charge in [-0.05, 0) is 36.0 Å². The Labute approximate surface area is 204 Å². The zero-order chi connectivity index (χ0) is 24.3. The van der Waals surface area contributed by atoms with Crippen molar-refractivity contribution >= 4 is 23.6 Å². The van der Waals surface area contributed by atoms with Gasteiger partial charge in [-0.2, -0.15) is 0 Å². The van der Waals surface area contributed by atoms with Crippen molar-refractivity contribution in [3.63, 3.8) is 0 Å². The number of aromatic nitrogens is 3. The Morgan fingerprint density at radius 1 is 1.06 bits per heavy atom. The highest BCUT2D eigenvalue weighted by atomic mass is 32.2. The van der Waals surface area contributed by atoms with Crippen LogP contribution in [0.3, 0.4) is 0 Å². The normalized spacial score (nSPS) is 16.4. The Kier molecular flexibility index (Phi) is 7.07. The molecule has 1 fully saturated rings. The first kappa shape index (κ1) is 24.0. The molecule has 0 radical (unpaired) electrons. The number of benzene rings is 2. The number of nitrogens with two attached hydrogens (primary N) is 1. The lowest BCUT2D eigenvalue weighted by molar-refractivity contribution is -0.132. The lowest BCUT2D eigenvalue weighted by atomic mass is 9.87. The van der Waals surface area contributed by atoms with Crippen molar-refractivity contribution in [2.45, 2.75) is 44.2 Å². The molecule has 3 aromatic rings. The van der Waals surface area contributed by atoms with E-state index in [2.05, 4.69) is 55.2 Å². The summed E-state index contributed by atoms with van der Waals surface area (Å²) in [6.07, 6.45) is 1.53. The molecular formula is C26H31N5O2S. The van der Waals surface area contributed by atoms with Crippen LogP contribution >= 0.6 is 11.8 Å². The number of nitrogens with zero attached hydrogens (tertiary/aromatic N) is 4. The van der Waals surface area contributed by atoms with Crippen LogP contribution in [0.25, 0.3) is 17.1 Å². The van der Waals surface area contributed by atoms with E-state index < -0.39 is 0 Å². The SMILES string of the molecule is CC(C)(C)c1ccc(-c2nnc(SCC(=O)N3CCCC(C(N)=O)C3)n2-c2ccccc2)cc1. The summed E-state index contributed by atoms with van der Waals surface area (Å²) < 4.78 is 1.99. The number of rotatable bonds is 6. The molecule has 1 aromatic heterocycles. The topological polar surface area (TPSA) is 94.1 Å². The van der Waals surface area contributed by atoms with Gasteiger partial charge in [0, 0.05) is 24.3 Å². The molecule has 8 heteroatoms. The predicted molar refractivity (Wildman–Crippen MR) is 135 cm³/mol. The molecule has 1 atom stereocenters. The zero-order valence-corrected chi connectivity index (χ0v) is 20.7. The van der Waals surface area contributed by atoms with Crippen molar-refractivity contribution in [3.8, 4) is 17.1 Å². The molecule has 1 saturated heterocycles. The van der Waals surface area contributed by atoms with Crippen LogP contribution in [0, 0.1) is 5.92 Å². The minimum atomic E-state index is -0.337. The number of thioether (sulfide) groups is 1. The molecule has 0 saturated carbocycles. The number of hydrogen-bond acceptors (Lipinski definition) is 5. The highest BCUT2D eigenvalue weighted by Crippen LogP contribution is 2.30. The molecule has 1 unspecified atom stereocenters. The maximum absolute atomic E-state index is 12.9. The third kappa shape index (κ3) is 5.33. The van der Waals surface area contributed by atoms with Gasteiger partial charge in [0.2, 0.25) is 11.8 Å². The number of carbonyl (C=O) groups is 2. The second-order valence-electron chi connectivity index (χ2n) is 9.67. The Balaban J connectivity index is 1.58. The molecule has 2 aromatic carbocycles. The van der Waals surface area contributed by atoms with E-state index in [0.717, 1.165) is 29.9 Å². The first-order valence-corrected chi connectivity index (χ1v) is 12.5. The van der Waals surface area contributed by atoms with Crippen molar-refractivity contribution < 1.29 is 9.59 Å². The van der Waals surface area contributed by atoms with E-state index in [-0.39, 0.29) is 28.9 Å². The summed E-state index contributed by atoms with van der Waals surface area (Å²) >= 11 is 1.36. The number of hydrogen-bond donors (Lipinski definition) is 1. The van der Waals surface area contributed by atoms with Gasteiger partial charge in [0.15, 0.2) is 11.0 Å². The maximum atomic E-state index is 12.9. The van der Waals surface area contributed by atoms with Gasteiger partial charge in [0.1, 0.15) is 0 Å². The summed E-state index contributed by atoms with van der Waals surface area (Å²) in [5.74, 6) is 0.330. The maximum Gasteiger partial charge on any atom is 0.233 e. The summed E-state index contributed by atoms with van der Waals surface area (Å²) in [5, 5.41) is 9.57. The Morgan fingerprint density at radius 2 is 1.76 bits per heavy atom. The van der Waals surface area contributed by atoms with Crippen molar-refractivity contribution in [1.29, 1.82) is 0 Å². The largest absolute Gasteiger partial charge is 0.369 e. The standard InChI is InChI=1S/C26H31N5O2S/c1-26(2,3)20-13-11-18(12-14-20)24-28-29-25(31(24)21-9-5-4-6-10-21)34-17-22(32)30-15-7-8-19(16-30)23(27)33/h4-6,9-14,19H,7-8,15-17H2,1-3H3,(H2,27,33). The number of carbonyl (C=O) groups excluding carboxylic acids is 2. The summed E-state index contributed by atoms with van der Waals surface area (Å²) in [6, 6.07) is 18.3. The fraction of sp³-hybridized carbons (Fsp3) is 0.385. The first-order valence-electron chi connectivity index (χ1n) is 11.6. The molecule has 2 N–H and O–H groups in total. The van der Waals surface area contributed by atoms with Crippen LogP contribution in [0.2, 0.25) is 0 Å². The lowest BCUT2D eigenvalue weighted by Crippen LogP contribution is -2.44. The number of likely N-dealkylation sites (tertiary alicyclic amines) is 1. The fourth-order valence-corrected chi connectivity index (χ4v) is 4.99. The molecule has 0 aliphatic carbocycles. The Morgan fingerprint density at radius 3 is 2.41 bits per heavy atom. The van der Waals surface area contributed by atoms with E-state index >= 15 is 0 Å². The van der Waals surface area contributed by atoms with E-state index in [1.165, 1.54) is 17.3 Å².